The van der Waals surface area contributed by atoms with Crippen LogP contribution in [0.5, 0.6) is 17.2 Å². The van der Waals surface area contributed by atoms with Crippen molar-refractivity contribution in [2.24, 2.45) is 5.92 Å². The number of ether oxygens (including phenoxy) is 2. The molecule has 3 atom stereocenters. The van der Waals surface area contributed by atoms with Crippen LogP contribution < -0.4 is 9.47 Å². The van der Waals surface area contributed by atoms with E-state index in [1.54, 1.807) is 24.3 Å². The van der Waals surface area contributed by atoms with E-state index in [0.29, 0.717) is 29.2 Å². The van der Waals surface area contributed by atoms with Crippen LogP contribution in [0.1, 0.15) is 43.4 Å². The lowest BCUT2D eigenvalue weighted by Crippen LogP contribution is -2.32. The Labute approximate surface area is 281 Å². The lowest BCUT2D eigenvalue weighted by atomic mass is 9.63. The molecule has 3 aromatic carbocycles. The van der Waals surface area contributed by atoms with Gasteiger partial charge in [-0.25, -0.2) is 8.78 Å². The van der Waals surface area contributed by atoms with Crippen molar-refractivity contribution in [3.63, 3.8) is 0 Å². The van der Waals surface area contributed by atoms with Crippen LogP contribution in [-0.4, -0.2) is 6.10 Å². The largest absolute Gasteiger partial charge is 0.483 e. The maximum absolute atomic E-state index is 14.7. The van der Waals surface area contributed by atoms with Crippen molar-refractivity contribution in [1.82, 2.24) is 0 Å². The highest BCUT2D eigenvalue weighted by molar-refractivity contribution is 5.75. The number of terminal acetylenes is 2. The highest BCUT2D eigenvalue weighted by Crippen LogP contribution is 2.58. The third kappa shape index (κ3) is 5.80. The van der Waals surface area contributed by atoms with Gasteiger partial charge in [0.1, 0.15) is 11.9 Å². The number of hydrogen-bond donors (Lipinski definition) is 0. The Morgan fingerprint density at radius 2 is 1.60 bits per heavy atom. The number of allylic oxidation sites excluding steroid dienone is 11. The molecule has 2 nitrogen and oxygen atoms in total. The second-order valence-corrected chi connectivity index (χ2v) is 12.0. The number of hydrogen-bond acceptors (Lipinski definition) is 2. The maximum atomic E-state index is 14.7. The molecule has 3 aliphatic carbocycles. The summed E-state index contributed by atoms with van der Waals surface area (Å²) in [5.74, 6) is 4.93. The zero-order valence-corrected chi connectivity index (χ0v) is 26.9. The van der Waals surface area contributed by atoms with Crippen molar-refractivity contribution in [3.05, 3.63) is 178 Å². The minimum absolute atomic E-state index is 0.0938. The summed E-state index contributed by atoms with van der Waals surface area (Å²) in [5.41, 5.74) is 10.0. The van der Waals surface area contributed by atoms with Gasteiger partial charge in [-0.05, 0) is 113 Å². The first-order valence-electron chi connectivity index (χ1n) is 15.8. The van der Waals surface area contributed by atoms with Gasteiger partial charge in [-0.1, -0.05) is 73.9 Å². The SMILES string of the molecule is C#Cc1ccc(Oc2ccc(C3(C4=CCC(Oc5ccc(C#C)cc5F)C=C4)C4=C(C(C)=C3/C=C\C=C=C)C(C)CC=C4)cc2)c(F)c1. The van der Waals surface area contributed by atoms with Gasteiger partial charge in [-0.15, -0.1) is 18.6 Å². The first-order chi connectivity index (χ1) is 23.3. The van der Waals surface area contributed by atoms with Gasteiger partial charge in [0.05, 0.1) is 5.41 Å². The molecule has 0 N–H and O–H groups in total. The summed E-state index contributed by atoms with van der Waals surface area (Å²) in [6, 6.07) is 16.8. The van der Waals surface area contributed by atoms with E-state index in [0.717, 1.165) is 23.1 Å². The van der Waals surface area contributed by atoms with Crippen molar-refractivity contribution < 1.29 is 18.3 Å². The molecule has 3 unspecified atom stereocenters. The number of rotatable bonds is 8. The molecule has 0 bridgehead atoms. The average molecular weight is 633 g/mol. The van der Waals surface area contributed by atoms with Crippen molar-refractivity contribution in [2.75, 3.05) is 0 Å². The molecule has 236 valence electrons. The number of benzene rings is 3. The highest BCUT2D eigenvalue weighted by Gasteiger charge is 2.49. The number of halogens is 2. The molecule has 0 fully saturated rings. The molecule has 0 heterocycles. The Morgan fingerprint density at radius 3 is 2.21 bits per heavy atom. The van der Waals surface area contributed by atoms with Crippen LogP contribution in [0.2, 0.25) is 0 Å². The second-order valence-electron chi connectivity index (χ2n) is 12.0. The first-order valence-corrected chi connectivity index (χ1v) is 15.8. The Kier molecular flexibility index (Phi) is 9.05. The smallest absolute Gasteiger partial charge is 0.166 e. The highest BCUT2D eigenvalue weighted by atomic mass is 19.1. The molecule has 0 aliphatic heterocycles. The van der Waals surface area contributed by atoms with Crippen LogP contribution in [0, 0.1) is 42.2 Å². The summed E-state index contributed by atoms with van der Waals surface area (Å²) in [6.07, 6.45) is 28.6. The Balaban J connectivity index is 1.43. The molecule has 4 heteroatoms. The van der Waals surface area contributed by atoms with Gasteiger partial charge >= 0.3 is 0 Å². The Hall–Kier alpha value is -5.80. The van der Waals surface area contributed by atoms with Gasteiger partial charge in [0.2, 0.25) is 0 Å². The van der Waals surface area contributed by atoms with Gasteiger partial charge in [0, 0.05) is 17.5 Å². The minimum Gasteiger partial charge on any atom is -0.483 e. The molecule has 3 aliphatic rings. The first kappa shape index (κ1) is 32.2. The zero-order valence-electron chi connectivity index (χ0n) is 26.9. The van der Waals surface area contributed by atoms with Gasteiger partial charge in [0.15, 0.2) is 23.1 Å². The van der Waals surface area contributed by atoms with Crippen LogP contribution in [0.3, 0.4) is 0 Å². The third-order valence-electron chi connectivity index (χ3n) is 9.13. The molecule has 6 rings (SSSR count). The lowest BCUT2D eigenvalue weighted by Gasteiger charge is -2.39. The molecule has 0 radical (unpaired) electrons. The monoisotopic (exact) mass is 632 g/mol. The lowest BCUT2D eigenvalue weighted by molar-refractivity contribution is 0.239. The summed E-state index contributed by atoms with van der Waals surface area (Å²) in [7, 11) is 0. The van der Waals surface area contributed by atoms with Crippen LogP contribution in [0.4, 0.5) is 8.78 Å². The molecule has 0 spiro atoms. The summed E-state index contributed by atoms with van der Waals surface area (Å²) in [4.78, 5) is 0. The summed E-state index contributed by atoms with van der Waals surface area (Å²) >= 11 is 0. The second kappa shape index (κ2) is 13.5. The fourth-order valence-electron chi connectivity index (χ4n) is 6.97. The minimum atomic E-state index is -0.671. The van der Waals surface area contributed by atoms with Crippen LogP contribution >= 0.6 is 0 Å². The van der Waals surface area contributed by atoms with Crippen LogP contribution in [0.25, 0.3) is 0 Å². The quantitative estimate of drug-likeness (QED) is 0.140. The predicted molar refractivity (Wildman–Crippen MR) is 189 cm³/mol. The maximum Gasteiger partial charge on any atom is 0.166 e. The molecule has 0 amide bonds. The zero-order chi connectivity index (χ0) is 33.8. The Bertz CT molecular complexity index is 2100. The van der Waals surface area contributed by atoms with Gasteiger partial charge < -0.3 is 9.47 Å². The van der Waals surface area contributed by atoms with E-state index >= 15 is 0 Å². The van der Waals surface area contributed by atoms with E-state index in [4.69, 9.17) is 22.3 Å². The molecule has 0 saturated carbocycles. The molecular formula is C44H34F2O2. The van der Waals surface area contributed by atoms with E-state index in [-0.39, 0.29) is 17.6 Å². The molecule has 3 aromatic rings. The van der Waals surface area contributed by atoms with Crippen LogP contribution in [0.15, 0.2) is 149 Å². The molecule has 48 heavy (non-hydrogen) atoms. The van der Waals surface area contributed by atoms with E-state index in [9.17, 15) is 8.78 Å². The van der Waals surface area contributed by atoms with Crippen molar-refractivity contribution in [3.8, 4) is 41.9 Å². The molecule has 0 aromatic heterocycles. The normalized spacial score (nSPS) is 21.3. The van der Waals surface area contributed by atoms with Crippen LogP contribution in [-0.2, 0) is 5.41 Å². The fraction of sp³-hybridized carbons (Fsp3) is 0.159. The molecule has 0 saturated heterocycles. The molecular weight excluding hydrogens is 598 g/mol. The van der Waals surface area contributed by atoms with Gasteiger partial charge in [0.25, 0.3) is 0 Å². The van der Waals surface area contributed by atoms with Crippen molar-refractivity contribution in [1.29, 1.82) is 0 Å². The van der Waals surface area contributed by atoms with E-state index in [2.05, 4.69) is 68.4 Å². The van der Waals surface area contributed by atoms with E-state index in [1.165, 1.54) is 34.9 Å². The summed E-state index contributed by atoms with van der Waals surface area (Å²) in [6.45, 7) is 8.18. The third-order valence-corrected chi connectivity index (χ3v) is 9.13. The Morgan fingerprint density at radius 1 is 0.917 bits per heavy atom. The fourth-order valence-corrected chi connectivity index (χ4v) is 6.97. The van der Waals surface area contributed by atoms with E-state index in [1.807, 2.05) is 36.4 Å². The topological polar surface area (TPSA) is 18.5 Å². The standard InChI is InChI=1S/C44H34F2O2/c1-6-9-10-13-37-30(5)43-29(4)12-11-14-38(43)44(37,33-17-21-35(22-18-33)47-41-25-15-31(7-2)27-39(41)45)34-19-23-36(24-20-34)48-42-26-16-32(8-3)28-40(42)46/h2-3,9-11,13-23,25-29,36H,1,12,24H2,4-5H3/b13-10-. The predicted octanol–water partition coefficient (Wildman–Crippen LogP) is 10.4. The van der Waals surface area contributed by atoms with Gasteiger partial charge in [-0.3, -0.25) is 0 Å². The average Bonchev–Trinajstić information content (AvgIpc) is 3.36. The van der Waals surface area contributed by atoms with Crippen molar-refractivity contribution >= 4 is 0 Å². The summed E-state index contributed by atoms with van der Waals surface area (Å²) < 4.78 is 41.5. The summed E-state index contributed by atoms with van der Waals surface area (Å²) in [5, 5.41) is 0. The van der Waals surface area contributed by atoms with Crippen molar-refractivity contribution in [2.45, 2.75) is 38.2 Å². The van der Waals surface area contributed by atoms with E-state index < -0.39 is 17.0 Å². The van der Waals surface area contributed by atoms with Gasteiger partial charge in [-0.2, -0.15) is 0 Å².